The minimum atomic E-state index is -3.60. The largest absolute Gasteiger partial charge is 0.354 e. The second-order valence-corrected chi connectivity index (χ2v) is 7.50. The van der Waals surface area contributed by atoms with E-state index < -0.39 is 16.1 Å². The standard InChI is InChI=1S/C16H26N4O4S/c1-5-11(2)19-15(21)9-10-18-16(22)20-13-7-6-8-14(12(13)3)25(23,24)17-4/h6-8,11,17H,5,9-10H2,1-4H3,(H,19,21)(H2,18,20,22)/t11-/m1/s1. The van der Waals surface area contributed by atoms with Gasteiger partial charge in [-0.25, -0.2) is 17.9 Å². The SMILES string of the molecule is CC[C@@H](C)NC(=O)CCNC(=O)Nc1cccc(S(=O)(=O)NC)c1C. The van der Waals surface area contributed by atoms with E-state index in [0.717, 1.165) is 6.42 Å². The van der Waals surface area contributed by atoms with Gasteiger partial charge in [-0.1, -0.05) is 13.0 Å². The number of urea groups is 1. The maximum atomic E-state index is 11.9. The lowest BCUT2D eigenvalue weighted by Crippen LogP contribution is -2.36. The second kappa shape index (κ2) is 9.38. The molecule has 4 N–H and O–H groups in total. The Morgan fingerprint density at radius 2 is 1.92 bits per heavy atom. The van der Waals surface area contributed by atoms with Crippen molar-refractivity contribution in [1.29, 1.82) is 0 Å². The maximum Gasteiger partial charge on any atom is 0.319 e. The molecule has 0 radical (unpaired) electrons. The van der Waals surface area contributed by atoms with E-state index in [1.165, 1.54) is 13.1 Å². The summed E-state index contributed by atoms with van der Waals surface area (Å²) in [5, 5.41) is 7.98. The van der Waals surface area contributed by atoms with Gasteiger partial charge in [0.25, 0.3) is 0 Å². The Morgan fingerprint density at radius 3 is 2.52 bits per heavy atom. The van der Waals surface area contributed by atoms with Gasteiger partial charge in [0, 0.05) is 24.7 Å². The quantitative estimate of drug-likeness (QED) is 0.552. The molecule has 0 fully saturated rings. The summed E-state index contributed by atoms with van der Waals surface area (Å²) in [5.74, 6) is -0.132. The monoisotopic (exact) mass is 370 g/mol. The van der Waals surface area contributed by atoms with Gasteiger partial charge in [-0.05, 0) is 45.0 Å². The molecule has 0 aromatic heterocycles. The molecule has 1 rings (SSSR count). The third-order valence-corrected chi connectivity index (χ3v) is 5.31. The summed E-state index contributed by atoms with van der Waals surface area (Å²) < 4.78 is 26.1. The predicted octanol–water partition coefficient (Wildman–Crippen LogP) is 1.33. The van der Waals surface area contributed by atoms with E-state index >= 15 is 0 Å². The predicted molar refractivity (Wildman–Crippen MR) is 97.0 cm³/mol. The molecule has 0 unspecified atom stereocenters. The second-order valence-electron chi connectivity index (χ2n) is 5.64. The zero-order chi connectivity index (χ0) is 19.0. The molecule has 3 amide bonds. The van der Waals surface area contributed by atoms with Crippen LogP contribution in [0, 0.1) is 6.92 Å². The summed E-state index contributed by atoms with van der Waals surface area (Å²) in [6.45, 7) is 5.68. The Morgan fingerprint density at radius 1 is 1.24 bits per heavy atom. The smallest absolute Gasteiger partial charge is 0.319 e. The number of carbonyl (C=O) groups excluding carboxylic acids is 2. The van der Waals surface area contributed by atoms with Crippen LogP contribution in [-0.2, 0) is 14.8 Å². The Bertz CT molecular complexity index is 719. The highest BCUT2D eigenvalue weighted by Gasteiger charge is 2.17. The highest BCUT2D eigenvalue weighted by molar-refractivity contribution is 7.89. The molecular weight excluding hydrogens is 344 g/mol. The van der Waals surface area contributed by atoms with Crippen LogP contribution in [0.4, 0.5) is 10.5 Å². The van der Waals surface area contributed by atoms with E-state index in [-0.39, 0.29) is 29.8 Å². The molecule has 8 nitrogen and oxygen atoms in total. The molecule has 0 spiro atoms. The summed E-state index contributed by atoms with van der Waals surface area (Å²) in [6.07, 6.45) is 1.01. The Hall–Kier alpha value is -2.13. The highest BCUT2D eigenvalue weighted by atomic mass is 32.2. The summed E-state index contributed by atoms with van der Waals surface area (Å²) in [7, 11) is -2.28. The Balaban J connectivity index is 2.61. The number of rotatable bonds is 8. The first-order chi connectivity index (χ1) is 11.7. The molecule has 0 saturated carbocycles. The zero-order valence-corrected chi connectivity index (χ0v) is 15.8. The van der Waals surface area contributed by atoms with Gasteiger partial charge in [-0.15, -0.1) is 0 Å². The van der Waals surface area contributed by atoms with Crippen molar-refractivity contribution in [3.63, 3.8) is 0 Å². The van der Waals surface area contributed by atoms with Gasteiger partial charge in [-0.3, -0.25) is 4.79 Å². The van der Waals surface area contributed by atoms with E-state index in [9.17, 15) is 18.0 Å². The molecule has 0 saturated heterocycles. The molecule has 1 atom stereocenters. The number of sulfonamides is 1. The van der Waals surface area contributed by atoms with Crippen molar-refractivity contribution >= 4 is 27.6 Å². The topological polar surface area (TPSA) is 116 Å². The van der Waals surface area contributed by atoms with Gasteiger partial charge < -0.3 is 16.0 Å². The van der Waals surface area contributed by atoms with Gasteiger partial charge in [0.1, 0.15) is 0 Å². The number of hydrogen-bond acceptors (Lipinski definition) is 4. The van der Waals surface area contributed by atoms with Crippen molar-refractivity contribution in [3.05, 3.63) is 23.8 Å². The number of nitrogens with one attached hydrogen (secondary N) is 4. The van der Waals surface area contributed by atoms with E-state index in [4.69, 9.17) is 0 Å². The van der Waals surface area contributed by atoms with E-state index in [1.807, 2.05) is 13.8 Å². The molecule has 0 aliphatic heterocycles. The minimum absolute atomic E-state index is 0.0979. The number of hydrogen-bond donors (Lipinski definition) is 4. The number of anilines is 1. The molecule has 25 heavy (non-hydrogen) atoms. The lowest BCUT2D eigenvalue weighted by Gasteiger charge is -2.14. The molecule has 1 aromatic rings. The average molecular weight is 370 g/mol. The van der Waals surface area contributed by atoms with Crippen LogP contribution < -0.4 is 20.7 Å². The van der Waals surface area contributed by atoms with Crippen LogP contribution in [0.1, 0.15) is 32.3 Å². The van der Waals surface area contributed by atoms with Crippen molar-refractivity contribution in [2.45, 2.75) is 44.6 Å². The normalized spacial score (nSPS) is 12.3. The number of amides is 3. The fourth-order valence-corrected chi connectivity index (χ4v) is 3.05. The lowest BCUT2D eigenvalue weighted by atomic mass is 10.2. The van der Waals surface area contributed by atoms with Crippen molar-refractivity contribution < 1.29 is 18.0 Å². The van der Waals surface area contributed by atoms with Crippen LogP contribution in [0.2, 0.25) is 0 Å². The average Bonchev–Trinajstić information content (AvgIpc) is 2.56. The van der Waals surface area contributed by atoms with Crippen LogP contribution in [0.15, 0.2) is 23.1 Å². The van der Waals surface area contributed by atoms with Crippen LogP contribution in [0.3, 0.4) is 0 Å². The first kappa shape index (κ1) is 20.9. The van der Waals surface area contributed by atoms with E-state index in [2.05, 4.69) is 20.7 Å². The molecule has 0 aliphatic rings. The zero-order valence-electron chi connectivity index (χ0n) is 15.0. The number of benzene rings is 1. The summed E-state index contributed by atoms with van der Waals surface area (Å²) in [5.41, 5.74) is 0.819. The minimum Gasteiger partial charge on any atom is -0.354 e. The van der Waals surface area contributed by atoms with E-state index in [0.29, 0.717) is 11.3 Å². The summed E-state index contributed by atoms with van der Waals surface area (Å²) >= 11 is 0. The lowest BCUT2D eigenvalue weighted by molar-refractivity contribution is -0.121. The number of carbonyl (C=O) groups is 2. The van der Waals surface area contributed by atoms with E-state index in [1.54, 1.807) is 19.1 Å². The molecule has 140 valence electrons. The van der Waals surface area contributed by atoms with Crippen LogP contribution >= 0.6 is 0 Å². The van der Waals surface area contributed by atoms with Gasteiger partial charge in [0.2, 0.25) is 15.9 Å². The third-order valence-electron chi connectivity index (χ3n) is 3.75. The van der Waals surface area contributed by atoms with Gasteiger partial charge in [-0.2, -0.15) is 0 Å². The fraction of sp³-hybridized carbons (Fsp3) is 0.500. The first-order valence-corrected chi connectivity index (χ1v) is 9.57. The van der Waals surface area contributed by atoms with Gasteiger partial charge >= 0.3 is 6.03 Å². The van der Waals surface area contributed by atoms with Gasteiger partial charge in [0.15, 0.2) is 0 Å². The summed E-state index contributed by atoms with van der Waals surface area (Å²) in [4.78, 5) is 23.7. The fourth-order valence-electron chi connectivity index (χ4n) is 2.06. The molecule has 0 aliphatic carbocycles. The van der Waals surface area contributed by atoms with Crippen molar-refractivity contribution in [2.75, 3.05) is 18.9 Å². The van der Waals surface area contributed by atoms with Crippen LogP contribution in [-0.4, -0.2) is 40.0 Å². The Kier molecular flexibility index (Phi) is 7.85. The summed E-state index contributed by atoms with van der Waals surface area (Å²) in [6, 6.07) is 4.22. The molecule has 1 aromatic carbocycles. The molecule has 0 bridgehead atoms. The maximum absolute atomic E-state index is 11.9. The van der Waals surface area contributed by atoms with Crippen molar-refractivity contribution in [3.8, 4) is 0 Å². The molecule has 9 heteroatoms. The molecule has 0 heterocycles. The van der Waals surface area contributed by atoms with Gasteiger partial charge in [0.05, 0.1) is 4.90 Å². The van der Waals surface area contributed by atoms with Crippen molar-refractivity contribution in [1.82, 2.24) is 15.4 Å². The highest BCUT2D eigenvalue weighted by Crippen LogP contribution is 2.22. The first-order valence-electron chi connectivity index (χ1n) is 8.08. The van der Waals surface area contributed by atoms with Crippen molar-refractivity contribution in [2.24, 2.45) is 0 Å². The Labute approximate surface area is 148 Å². The third kappa shape index (κ3) is 6.35. The molecular formula is C16H26N4O4S. The van der Waals surface area contributed by atoms with Crippen LogP contribution in [0.5, 0.6) is 0 Å². The van der Waals surface area contributed by atoms with Crippen LogP contribution in [0.25, 0.3) is 0 Å².